The molecule has 1 aliphatic heterocycles. The van der Waals surface area contributed by atoms with Crippen LogP contribution >= 0.6 is 23.5 Å². The summed E-state index contributed by atoms with van der Waals surface area (Å²) in [6.45, 7) is 5.61. The minimum atomic E-state index is -0.440. The number of ether oxygens (including phenoxy) is 1. The van der Waals surface area contributed by atoms with Crippen molar-refractivity contribution in [1.29, 1.82) is 0 Å². The van der Waals surface area contributed by atoms with Crippen LogP contribution in [0, 0.1) is 0 Å². The molecule has 1 heterocycles. The van der Waals surface area contributed by atoms with E-state index >= 15 is 0 Å². The quantitative estimate of drug-likeness (QED) is 0.799. The topological polar surface area (TPSA) is 41.6 Å². The minimum absolute atomic E-state index is 0.363. The fourth-order valence-electron chi connectivity index (χ4n) is 1.29. The van der Waals surface area contributed by atoms with Crippen LogP contribution in [0.25, 0.3) is 0 Å². The Kier molecular flexibility index (Phi) is 6.51. The van der Waals surface area contributed by atoms with Gasteiger partial charge in [-0.05, 0) is 45.1 Å². The van der Waals surface area contributed by atoms with Crippen LogP contribution in [0.1, 0.15) is 33.6 Å². The van der Waals surface area contributed by atoms with E-state index in [-0.39, 0.29) is 6.09 Å². The highest BCUT2D eigenvalue weighted by atomic mass is 32.2. The third-order valence-corrected chi connectivity index (χ3v) is 4.11. The zero-order valence-corrected chi connectivity index (χ0v) is 12.5. The average Bonchev–Trinajstić information content (AvgIpc) is 2.28. The summed E-state index contributed by atoms with van der Waals surface area (Å²) in [4.78, 5) is 11.6. The van der Waals surface area contributed by atoms with Gasteiger partial charge in [0.15, 0.2) is 0 Å². The molecule has 0 aromatic rings. The molecule has 1 saturated heterocycles. The maximum absolute atomic E-state index is 11.6. The lowest BCUT2D eigenvalue weighted by Crippen LogP contribution is -2.44. The molecule has 6 heteroatoms. The number of amides is 1. The second-order valence-corrected chi connectivity index (χ2v) is 7.08. The van der Waals surface area contributed by atoms with Crippen LogP contribution in [0.5, 0.6) is 0 Å². The van der Waals surface area contributed by atoms with Crippen molar-refractivity contribution in [3.8, 4) is 0 Å². The van der Waals surface area contributed by atoms with Crippen molar-refractivity contribution in [3.05, 3.63) is 0 Å². The molecule has 0 bridgehead atoms. The summed E-state index contributed by atoms with van der Waals surface area (Å²) >= 11 is 3.71. The maximum atomic E-state index is 11.6. The third-order valence-electron chi connectivity index (χ3n) is 1.97. The van der Waals surface area contributed by atoms with Crippen LogP contribution in [-0.2, 0) is 4.74 Å². The molecule has 0 aliphatic carbocycles. The standard InChI is InChI=1S/C11H22N2O2S2/c1-11(2,3)15-10(14)12-13-8-16-6-4-5-7-17-9-13/h4-9H2,1-3H3,(H,12,14). The average molecular weight is 278 g/mol. The second kappa shape index (κ2) is 7.38. The van der Waals surface area contributed by atoms with Crippen molar-refractivity contribution < 1.29 is 9.53 Å². The molecule has 1 N–H and O–H groups in total. The van der Waals surface area contributed by atoms with Gasteiger partial charge in [-0.15, -0.1) is 23.5 Å². The molecule has 0 saturated carbocycles. The van der Waals surface area contributed by atoms with E-state index in [1.165, 1.54) is 12.8 Å². The second-order valence-electron chi connectivity index (χ2n) is 4.94. The van der Waals surface area contributed by atoms with Crippen molar-refractivity contribution in [3.63, 3.8) is 0 Å². The van der Waals surface area contributed by atoms with Gasteiger partial charge in [0.25, 0.3) is 0 Å². The summed E-state index contributed by atoms with van der Waals surface area (Å²) in [5.74, 6) is 3.97. The fourth-order valence-corrected chi connectivity index (χ4v) is 3.23. The number of nitrogens with one attached hydrogen (secondary N) is 1. The van der Waals surface area contributed by atoms with E-state index in [2.05, 4.69) is 5.43 Å². The lowest BCUT2D eigenvalue weighted by molar-refractivity contribution is 0.0385. The van der Waals surface area contributed by atoms with E-state index in [4.69, 9.17) is 4.74 Å². The highest BCUT2D eigenvalue weighted by molar-refractivity contribution is 8.00. The van der Waals surface area contributed by atoms with E-state index in [1.807, 2.05) is 49.3 Å². The van der Waals surface area contributed by atoms with E-state index in [1.54, 1.807) is 0 Å². The predicted octanol–water partition coefficient (Wildman–Crippen LogP) is 2.90. The number of rotatable bonds is 1. The van der Waals surface area contributed by atoms with Gasteiger partial charge < -0.3 is 4.74 Å². The van der Waals surface area contributed by atoms with E-state index < -0.39 is 5.60 Å². The first-order valence-electron chi connectivity index (χ1n) is 5.87. The molecule has 0 aromatic heterocycles. The van der Waals surface area contributed by atoms with Gasteiger partial charge in [0.05, 0.1) is 11.8 Å². The van der Waals surface area contributed by atoms with Crippen LogP contribution in [0.3, 0.4) is 0 Å². The van der Waals surface area contributed by atoms with Crippen LogP contribution in [-0.4, -0.2) is 40.0 Å². The maximum Gasteiger partial charge on any atom is 0.422 e. The number of carbonyl (C=O) groups excluding carboxylic acids is 1. The van der Waals surface area contributed by atoms with Gasteiger partial charge in [-0.25, -0.2) is 4.79 Å². The molecule has 0 aromatic carbocycles. The first kappa shape index (κ1) is 15.0. The van der Waals surface area contributed by atoms with Crippen molar-refractivity contribution >= 4 is 29.6 Å². The van der Waals surface area contributed by atoms with Gasteiger partial charge in [0.2, 0.25) is 0 Å². The molecule has 0 spiro atoms. The minimum Gasteiger partial charge on any atom is -0.443 e. The summed E-state index contributed by atoms with van der Waals surface area (Å²) < 4.78 is 5.23. The third kappa shape index (κ3) is 7.78. The normalized spacial score (nSPS) is 19.9. The summed E-state index contributed by atoms with van der Waals surface area (Å²) in [6, 6.07) is 0. The summed E-state index contributed by atoms with van der Waals surface area (Å²) in [7, 11) is 0. The monoisotopic (exact) mass is 278 g/mol. The SMILES string of the molecule is CC(C)(C)OC(=O)NN1CSCCCCSC1. The zero-order valence-electron chi connectivity index (χ0n) is 10.8. The summed E-state index contributed by atoms with van der Waals surface area (Å²) in [6.07, 6.45) is 2.16. The van der Waals surface area contributed by atoms with Gasteiger partial charge in [-0.3, -0.25) is 5.43 Å². The number of hydrogen-bond donors (Lipinski definition) is 1. The fraction of sp³-hybridized carbons (Fsp3) is 0.909. The van der Waals surface area contributed by atoms with Crippen LogP contribution in [0.4, 0.5) is 4.79 Å². The van der Waals surface area contributed by atoms with Gasteiger partial charge in [-0.1, -0.05) is 0 Å². The molecule has 0 radical (unpaired) electrons. The number of hydrogen-bond acceptors (Lipinski definition) is 5. The van der Waals surface area contributed by atoms with Crippen molar-refractivity contribution in [2.45, 2.75) is 39.2 Å². The molecule has 0 atom stereocenters. The van der Waals surface area contributed by atoms with Gasteiger partial charge in [0, 0.05) is 0 Å². The van der Waals surface area contributed by atoms with E-state index in [0.717, 1.165) is 23.3 Å². The molecule has 100 valence electrons. The van der Waals surface area contributed by atoms with Crippen LogP contribution in [0.2, 0.25) is 0 Å². The van der Waals surface area contributed by atoms with Crippen LogP contribution in [0.15, 0.2) is 0 Å². The Labute approximate surface area is 112 Å². The first-order chi connectivity index (χ1) is 7.97. The van der Waals surface area contributed by atoms with Gasteiger partial charge in [0.1, 0.15) is 5.60 Å². The van der Waals surface area contributed by atoms with Gasteiger partial charge >= 0.3 is 6.09 Å². The number of hydrazine groups is 1. The first-order valence-corrected chi connectivity index (χ1v) is 8.18. The van der Waals surface area contributed by atoms with Crippen LogP contribution < -0.4 is 5.43 Å². The molecule has 1 amide bonds. The Hall–Kier alpha value is -0.0700. The molecule has 4 nitrogen and oxygen atoms in total. The highest BCUT2D eigenvalue weighted by Crippen LogP contribution is 2.15. The lowest BCUT2D eigenvalue weighted by Gasteiger charge is -2.25. The van der Waals surface area contributed by atoms with E-state index in [9.17, 15) is 4.79 Å². The smallest absolute Gasteiger partial charge is 0.422 e. The number of thioether (sulfide) groups is 2. The van der Waals surface area contributed by atoms with Crippen molar-refractivity contribution in [2.24, 2.45) is 0 Å². The molecule has 1 fully saturated rings. The Morgan fingerprint density at radius 3 is 2.18 bits per heavy atom. The predicted molar refractivity (Wildman–Crippen MR) is 75.1 cm³/mol. The van der Waals surface area contributed by atoms with Crippen molar-refractivity contribution in [1.82, 2.24) is 10.4 Å². The molecule has 1 rings (SSSR count). The Morgan fingerprint density at radius 1 is 1.18 bits per heavy atom. The molecule has 0 unspecified atom stereocenters. The van der Waals surface area contributed by atoms with Gasteiger partial charge in [-0.2, -0.15) is 5.01 Å². The summed E-state index contributed by atoms with van der Waals surface area (Å²) in [5, 5.41) is 1.93. The zero-order chi connectivity index (χ0) is 12.7. The summed E-state index contributed by atoms with van der Waals surface area (Å²) in [5.41, 5.74) is 2.36. The Bertz CT molecular complexity index is 234. The molecule has 1 aliphatic rings. The lowest BCUT2D eigenvalue weighted by atomic mass is 10.2. The highest BCUT2D eigenvalue weighted by Gasteiger charge is 2.18. The Morgan fingerprint density at radius 2 is 1.71 bits per heavy atom. The number of nitrogens with zero attached hydrogens (tertiary/aromatic N) is 1. The molecule has 17 heavy (non-hydrogen) atoms. The largest absolute Gasteiger partial charge is 0.443 e. The van der Waals surface area contributed by atoms with E-state index in [0.29, 0.717) is 0 Å². The van der Waals surface area contributed by atoms with Crippen molar-refractivity contribution in [2.75, 3.05) is 23.3 Å². The molecular formula is C11H22N2O2S2. The number of carbonyl (C=O) groups is 1. The Balaban J connectivity index is 2.34. The molecular weight excluding hydrogens is 256 g/mol.